The molecule has 7 nitrogen and oxygen atoms in total. The van der Waals surface area contributed by atoms with Gasteiger partial charge in [-0.2, -0.15) is 5.48 Å². The van der Waals surface area contributed by atoms with Crippen LogP contribution in [0.5, 0.6) is 0 Å². The lowest BCUT2D eigenvalue weighted by molar-refractivity contribution is -0.139. The number of carbonyl (C=O) groups is 1. The molecule has 0 spiro atoms. The molecular weight excluding hydrogens is 375 g/mol. The third kappa shape index (κ3) is 4.19. The fourth-order valence-electron chi connectivity index (χ4n) is 5.74. The monoisotopic (exact) mass is 410 g/mol. The molecule has 6 unspecified atom stereocenters. The van der Waals surface area contributed by atoms with Crippen molar-refractivity contribution >= 4 is 5.91 Å². The second kappa shape index (κ2) is 8.75. The highest BCUT2D eigenvalue weighted by Crippen LogP contribution is 2.34. The van der Waals surface area contributed by atoms with Crippen molar-refractivity contribution in [3.05, 3.63) is 0 Å². The van der Waals surface area contributed by atoms with Crippen molar-refractivity contribution in [3.63, 3.8) is 0 Å². The minimum absolute atomic E-state index is 0.0500. The van der Waals surface area contributed by atoms with Crippen molar-refractivity contribution in [2.45, 2.75) is 69.6 Å². The van der Waals surface area contributed by atoms with E-state index in [0.29, 0.717) is 30.9 Å². The Labute approximate surface area is 172 Å². The summed E-state index contributed by atoms with van der Waals surface area (Å²) in [7, 11) is 0. The van der Waals surface area contributed by atoms with Gasteiger partial charge < -0.3 is 15.0 Å². The first-order chi connectivity index (χ1) is 14.2. The zero-order chi connectivity index (χ0) is 19.8. The zero-order valence-corrected chi connectivity index (χ0v) is 17.2. The Bertz CT molecular complexity index is 578. The Hall–Kier alpha value is -0.800. The Balaban J connectivity index is 1.10. The highest BCUT2D eigenvalue weighted by atomic mass is 19.1. The highest BCUT2D eigenvalue weighted by molar-refractivity contribution is 5.79. The van der Waals surface area contributed by atoms with Crippen LogP contribution in [0.25, 0.3) is 0 Å². The van der Waals surface area contributed by atoms with Gasteiger partial charge in [0, 0.05) is 44.8 Å². The lowest BCUT2D eigenvalue weighted by Gasteiger charge is -2.39. The van der Waals surface area contributed by atoms with Gasteiger partial charge in [-0.3, -0.25) is 14.9 Å². The molecule has 1 amide bonds. The molecule has 6 atom stereocenters. The molecule has 0 aromatic heterocycles. The summed E-state index contributed by atoms with van der Waals surface area (Å²) in [4.78, 5) is 20.4. The number of nitrogens with one attached hydrogen (secondary N) is 3. The second-order valence-corrected chi connectivity index (χ2v) is 9.65. The maximum Gasteiger partial charge on any atom is 0.225 e. The Morgan fingerprint density at radius 1 is 1.07 bits per heavy atom. The summed E-state index contributed by atoms with van der Waals surface area (Å²) in [5, 5.41) is 6.93. The number of carbonyl (C=O) groups excluding carboxylic acids is 1. The number of likely N-dealkylation sites (tertiary alicyclic amines) is 1. The molecule has 5 rings (SSSR count). The molecule has 8 heteroatoms. The first-order valence-corrected chi connectivity index (χ1v) is 11.6. The minimum Gasteiger partial charge on any atom is -0.381 e. The number of ether oxygens (including phenoxy) is 1. The first-order valence-electron chi connectivity index (χ1n) is 11.6. The third-order valence-electron chi connectivity index (χ3n) is 7.94. The first kappa shape index (κ1) is 20.1. The number of nitrogens with zero attached hydrogens (tertiary/aromatic N) is 1. The van der Waals surface area contributed by atoms with E-state index >= 15 is 0 Å². The lowest BCUT2D eigenvalue weighted by Crippen LogP contribution is -2.56. The van der Waals surface area contributed by atoms with E-state index in [1.807, 2.05) is 0 Å². The number of hydrogen-bond acceptors (Lipinski definition) is 6. The molecule has 3 N–H and O–H groups in total. The summed E-state index contributed by atoms with van der Waals surface area (Å²) in [5.41, 5.74) is 3.19. The van der Waals surface area contributed by atoms with E-state index in [1.54, 1.807) is 0 Å². The van der Waals surface area contributed by atoms with Crippen LogP contribution in [0, 0.1) is 23.7 Å². The van der Waals surface area contributed by atoms with Crippen LogP contribution < -0.4 is 16.1 Å². The van der Waals surface area contributed by atoms with Crippen molar-refractivity contribution in [2.24, 2.45) is 23.7 Å². The third-order valence-corrected chi connectivity index (χ3v) is 7.94. The number of halogens is 1. The highest BCUT2D eigenvalue weighted by Gasteiger charge is 2.43. The largest absolute Gasteiger partial charge is 0.381 e. The molecule has 0 aromatic carbocycles. The van der Waals surface area contributed by atoms with Gasteiger partial charge in [-0.1, -0.05) is 6.42 Å². The van der Waals surface area contributed by atoms with Crippen LogP contribution in [0.15, 0.2) is 0 Å². The van der Waals surface area contributed by atoms with E-state index in [1.165, 1.54) is 6.42 Å². The molecule has 0 bridgehead atoms. The summed E-state index contributed by atoms with van der Waals surface area (Å²) in [5.74, 6) is 1.48. The van der Waals surface area contributed by atoms with Crippen molar-refractivity contribution in [1.82, 2.24) is 21.0 Å². The summed E-state index contributed by atoms with van der Waals surface area (Å²) in [6.45, 7) is 3.53. The SMILES string of the molecule is O=C(C1CCC1)N1CCC(C2NOC(C3CC(C4CCOC4)C(F)CN3)N2)CC1. The standard InChI is InChI=1S/C21H35FN4O3/c22-17-11-23-18(10-16(17)15-6-9-28-12-15)20-24-19(25-29-20)13-4-7-26(8-5-13)21(27)14-2-1-3-14/h13-20,23-25H,1-12H2. The van der Waals surface area contributed by atoms with Gasteiger partial charge in [0.1, 0.15) is 12.4 Å². The van der Waals surface area contributed by atoms with Gasteiger partial charge in [0.2, 0.25) is 5.91 Å². The maximum absolute atomic E-state index is 14.5. The summed E-state index contributed by atoms with van der Waals surface area (Å²) in [6.07, 6.45) is 6.22. The van der Waals surface area contributed by atoms with Crippen LogP contribution in [-0.2, 0) is 14.4 Å². The fraction of sp³-hybridized carbons (Fsp3) is 0.952. The predicted octanol–water partition coefficient (Wildman–Crippen LogP) is 1.15. The minimum atomic E-state index is -0.805. The number of piperidine rings is 2. The van der Waals surface area contributed by atoms with Gasteiger partial charge in [-0.15, -0.1) is 0 Å². The lowest BCUT2D eigenvalue weighted by atomic mass is 9.80. The van der Waals surface area contributed by atoms with Crippen LogP contribution in [0.1, 0.15) is 44.9 Å². The van der Waals surface area contributed by atoms with E-state index in [9.17, 15) is 9.18 Å². The van der Waals surface area contributed by atoms with Gasteiger partial charge in [-0.05, 0) is 56.3 Å². The van der Waals surface area contributed by atoms with Crippen molar-refractivity contribution in [3.8, 4) is 0 Å². The van der Waals surface area contributed by atoms with Crippen LogP contribution in [-0.4, -0.2) is 68.3 Å². The average molecular weight is 411 g/mol. The van der Waals surface area contributed by atoms with Gasteiger partial charge in [0.15, 0.2) is 0 Å². The second-order valence-electron chi connectivity index (χ2n) is 9.65. The van der Waals surface area contributed by atoms with Crippen LogP contribution >= 0.6 is 0 Å². The van der Waals surface area contributed by atoms with Crippen molar-refractivity contribution in [2.75, 3.05) is 32.8 Å². The van der Waals surface area contributed by atoms with Gasteiger partial charge >= 0.3 is 0 Å². The molecule has 0 radical (unpaired) electrons. The number of alkyl halides is 1. The molecule has 164 valence electrons. The Kier molecular flexibility index (Phi) is 6.07. The van der Waals surface area contributed by atoms with Crippen LogP contribution in [0.2, 0.25) is 0 Å². The van der Waals surface area contributed by atoms with E-state index < -0.39 is 6.17 Å². The fourth-order valence-corrected chi connectivity index (χ4v) is 5.74. The molecule has 4 heterocycles. The predicted molar refractivity (Wildman–Crippen MR) is 105 cm³/mol. The van der Waals surface area contributed by atoms with Crippen LogP contribution in [0.3, 0.4) is 0 Å². The van der Waals surface area contributed by atoms with Gasteiger partial charge in [0.05, 0.1) is 6.17 Å². The normalized spacial score (nSPS) is 42.2. The van der Waals surface area contributed by atoms with Crippen molar-refractivity contribution in [1.29, 1.82) is 0 Å². The molecule has 4 saturated heterocycles. The van der Waals surface area contributed by atoms with E-state index in [2.05, 4.69) is 21.0 Å². The van der Waals surface area contributed by atoms with Gasteiger partial charge in [-0.25, -0.2) is 4.39 Å². The summed E-state index contributed by atoms with van der Waals surface area (Å²) in [6, 6.07) is 0.102. The summed E-state index contributed by atoms with van der Waals surface area (Å²) >= 11 is 0. The molecule has 5 fully saturated rings. The molecule has 0 aromatic rings. The number of hydroxylamine groups is 1. The quantitative estimate of drug-likeness (QED) is 0.646. The van der Waals surface area contributed by atoms with Gasteiger partial charge in [0.25, 0.3) is 0 Å². The van der Waals surface area contributed by atoms with E-state index in [4.69, 9.17) is 9.57 Å². The molecule has 1 aliphatic carbocycles. The van der Waals surface area contributed by atoms with E-state index in [-0.39, 0.29) is 30.3 Å². The number of amides is 1. The maximum atomic E-state index is 14.5. The Morgan fingerprint density at radius 3 is 2.59 bits per heavy atom. The summed E-state index contributed by atoms with van der Waals surface area (Å²) < 4.78 is 20.0. The Morgan fingerprint density at radius 2 is 1.90 bits per heavy atom. The average Bonchev–Trinajstić information content (AvgIpc) is 3.39. The van der Waals surface area contributed by atoms with Crippen molar-refractivity contribution < 1.29 is 18.8 Å². The molecule has 1 saturated carbocycles. The topological polar surface area (TPSA) is 74.9 Å². The number of hydrogen-bond donors (Lipinski definition) is 3. The molecule has 5 aliphatic rings. The zero-order valence-electron chi connectivity index (χ0n) is 17.2. The van der Waals surface area contributed by atoms with E-state index in [0.717, 1.165) is 58.2 Å². The molecule has 29 heavy (non-hydrogen) atoms. The van der Waals surface area contributed by atoms with Crippen LogP contribution in [0.4, 0.5) is 4.39 Å². The molecular formula is C21H35FN4O3. The molecule has 4 aliphatic heterocycles. The number of rotatable bonds is 4. The smallest absolute Gasteiger partial charge is 0.225 e.